The third kappa shape index (κ3) is 4.31. The molecule has 1 saturated carbocycles. The van der Waals surface area contributed by atoms with Crippen LogP contribution in [0.15, 0.2) is 24.3 Å². The monoisotopic (exact) mass is 289 g/mol. The van der Waals surface area contributed by atoms with Gasteiger partial charge in [-0.3, -0.25) is 4.79 Å². The number of rotatable bonds is 5. The molecule has 3 nitrogen and oxygen atoms in total. The molecule has 1 aliphatic carbocycles. The number of nitrogens with one attached hydrogen (secondary N) is 1. The van der Waals surface area contributed by atoms with Gasteiger partial charge in [-0.2, -0.15) is 0 Å². The largest absolute Gasteiger partial charge is 0.392 e. The van der Waals surface area contributed by atoms with Gasteiger partial charge in [0.05, 0.1) is 12.0 Å². The molecule has 0 bridgehead atoms. The van der Waals surface area contributed by atoms with Crippen molar-refractivity contribution in [3.8, 4) is 0 Å². The number of benzene rings is 1. The van der Waals surface area contributed by atoms with Crippen molar-refractivity contribution in [3.63, 3.8) is 0 Å². The summed E-state index contributed by atoms with van der Waals surface area (Å²) in [5, 5.41) is 12.8. The molecule has 0 heterocycles. The smallest absolute Gasteiger partial charge is 0.225 e. The van der Waals surface area contributed by atoms with Crippen LogP contribution in [-0.4, -0.2) is 23.2 Å². The number of hydrogen-bond acceptors (Lipinski definition) is 2. The van der Waals surface area contributed by atoms with Gasteiger partial charge in [0.25, 0.3) is 0 Å². The topological polar surface area (TPSA) is 49.3 Å². The van der Waals surface area contributed by atoms with Crippen molar-refractivity contribution in [2.75, 3.05) is 0 Å². The maximum Gasteiger partial charge on any atom is 0.225 e. The van der Waals surface area contributed by atoms with E-state index < -0.39 is 6.10 Å². The Morgan fingerprint density at radius 1 is 1.24 bits per heavy atom. The van der Waals surface area contributed by atoms with E-state index in [1.165, 1.54) is 11.1 Å². The van der Waals surface area contributed by atoms with Crippen LogP contribution in [0.3, 0.4) is 0 Å². The normalized spacial score (nSPS) is 23.3. The van der Waals surface area contributed by atoms with Crippen LogP contribution in [0.2, 0.25) is 0 Å². The predicted octanol–water partition coefficient (Wildman–Crippen LogP) is 3.02. The SMILES string of the molecule is CC(Cc1ccc(C(C)C)cc1)NC(=O)C1CCCC1O. The van der Waals surface area contributed by atoms with Crippen LogP contribution in [0.25, 0.3) is 0 Å². The standard InChI is InChI=1S/C18H27NO2/c1-12(2)15-9-7-14(8-10-15)11-13(3)19-18(21)16-5-4-6-17(16)20/h7-10,12-13,16-17,20H,4-6,11H2,1-3H3,(H,19,21). The fourth-order valence-electron chi connectivity index (χ4n) is 3.04. The first-order valence-corrected chi connectivity index (χ1v) is 8.04. The summed E-state index contributed by atoms with van der Waals surface area (Å²) in [4.78, 5) is 12.1. The second-order valence-electron chi connectivity index (χ2n) is 6.61. The van der Waals surface area contributed by atoms with E-state index in [1.807, 2.05) is 6.92 Å². The lowest BCUT2D eigenvalue weighted by molar-refractivity contribution is -0.128. The highest BCUT2D eigenvalue weighted by molar-refractivity contribution is 5.79. The molecular weight excluding hydrogens is 262 g/mol. The Morgan fingerprint density at radius 3 is 2.43 bits per heavy atom. The molecule has 3 unspecified atom stereocenters. The maximum absolute atomic E-state index is 12.1. The van der Waals surface area contributed by atoms with Gasteiger partial charge in [0.15, 0.2) is 0 Å². The van der Waals surface area contributed by atoms with Gasteiger partial charge in [0, 0.05) is 6.04 Å². The average Bonchev–Trinajstić information content (AvgIpc) is 2.85. The van der Waals surface area contributed by atoms with Gasteiger partial charge in [-0.1, -0.05) is 38.1 Å². The first kappa shape index (κ1) is 16.0. The van der Waals surface area contributed by atoms with Crippen molar-refractivity contribution < 1.29 is 9.90 Å². The van der Waals surface area contributed by atoms with Crippen LogP contribution < -0.4 is 5.32 Å². The van der Waals surface area contributed by atoms with E-state index in [9.17, 15) is 9.90 Å². The molecule has 0 radical (unpaired) electrons. The molecule has 1 fully saturated rings. The van der Waals surface area contributed by atoms with E-state index in [4.69, 9.17) is 0 Å². The van der Waals surface area contributed by atoms with E-state index in [2.05, 4.69) is 43.4 Å². The Morgan fingerprint density at radius 2 is 1.90 bits per heavy atom. The van der Waals surface area contributed by atoms with Crippen molar-refractivity contribution in [2.45, 2.75) is 64.5 Å². The summed E-state index contributed by atoms with van der Waals surface area (Å²) in [7, 11) is 0. The molecule has 1 amide bonds. The van der Waals surface area contributed by atoms with Crippen molar-refractivity contribution in [1.82, 2.24) is 5.32 Å². The molecule has 116 valence electrons. The predicted molar refractivity (Wildman–Crippen MR) is 85.2 cm³/mol. The molecule has 3 heteroatoms. The van der Waals surface area contributed by atoms with Crippen molar-refractivity contribution in [3.05, 3.63) is 35.4 Å². The molecule has 1 aromatic carbocycles. The number of carbonyl (C=O) groups excluding carboxylic acids is 1. The van der Waals surface area contributed by atoms with E-state index in [-0.39, 0.29) is 17.9 Å². The zero-order chi connectivity index (χ0) is 15.4. The van der Waals surface area contributed by atoms with E-state index in [0.717, 1.165) is 25.7 Å². The van der Waals surface area contributed by atoms with Crippen LogP contribution in [0, 0.1) is 5.92 Å². The number of aliphatic hydroxyl groups excluding tert-OH is 1. The first-order chi connectivity index (χ1) is 9.97. The molecule has 3 atom stereocenters. The second-order valence-corrected chi connectivity index (χ2v) is 6.61. The van der Waals surface area contributed by atoms with Gasteiger partial charge in [0.1, 0.15) is 0 Å². The van der Waals surface area contributed by atoms with Crippen molar-refractivity contribution in [1.29, 1.82) is 0 Å². The third-order valence-electron chi connectivity index (χ3n) is 4.39. The Bertz CT molecular complexity index is 467. The molecule has 2 rings (SSSR count). The van der Waals surface area contributed by atoms with Crippen LogP contribution in [-0.2, 0) is 11.2 Å². The summed E-state index contributed by atoms with van der Waals surface area (Å²) >= 11 is 0. The highest BCUT2D eigenvalue weighted by atomic mass is 16.3. The summed E-state index contributed by atoms with van der Waals surface area (Å²) in [6, 6.07) is 8.70. The summed E-state index contributed by atoms with van der Waals surface area (Å²) in [5.41, 5.74) is 2.57. The minimum Gasteiger partial charge on any atom is -0.392 e. The molecule has 0 saturated heterocycles. The van der Waals surface area contributed by atoms with E-state index in [0.29, 0.717) is 5.92 Å². The zero-order valence-electron chi connectivity index (χ0n) is 13.3. The van der Waals surface area contributed by atoms with Gasteiger partial charge in [-0.25, -0.2) is 0 Å². The molecule has 2 N–H and O–H groups in total. The van der Waals surface area contributed by atoms with Crippen LogP contribution >= 0.6 is 0 Å². The summed E-state index contributed by atoms with van der Waals surface area (Å²) < 4.78 is 0. The van der Waals surface area contributed by atoms with Gasteiger partial charge in [-0.05, 0) is 49.7 Å². The van der Waals surface area contributed by atoms with Gasteiger partial charge >= 0.3 is 0 Å². The van der Waals surface area contributed by atoms with E-state index >= 15 is 0 Å². The third-order valence-corrected chi connectivity index (χ3v) is 4.39. The quantitative estimate of drug-likeness (QED) is 0.875. The number of aliphatic hydroxyl groups is 1. The minimum absolute atomic E-state index is 0.00583. The second kappa shape index (κ2) is 7.08. The summed E-state index contributed by atoms with van der Waals surface area (Å²) in [5.74, 6) is 0.335. The lowest BCUT2D eigenvalue weighted by atomic mass is 9.99. The minimum atomic E-state index is -0.456. The molecule has 0 aromatic heterocycles. The van der Waals surface area contributed by atoms with Crippen LogP contribution in [0.1, 0.15) is 57.1 Å². The highest BCUT2D eigenvalue weighted by Crippen LogP contribution is 2.25. The highest BCUT2D eigenvalue weighted by Gasteiger charge is 2.31. The maximum atomic E-state index is 12.1. The first-order valence-electron chi connectivity index (χ1n) is 8.04. The Balaban J connectivity index is 1.86. The number of carbonyl (C=O) groups is 1. The summed E-state index contributed by atoms with van der Waals surface area (Å²) in [6.07, 6.45) is 2.88. The fourth-order valence-corrected chi connectivity index (χ4v) is 3.04. The molecule has 21 heavy (non-hydrogen) atoms. The fraction of sp³-hybridized carbons (Fsp3) is 0.611. The Kier molecular flexibility index (Phi) is 5.40. The number of amides is 1. The van der Waals surface area contributed by atoms with Crippen LogP contribution in [0.4, 0.5) is 0 Å². The Labute approximate surface area is 127 Å². The lowest BCUT2D eigenvalue weighted by Gasteiger charge is -2.19. The lowest BCUT2D eigenvalue weighted by Crippen LogP contribution is -2.40. The molecular formula is C18H27NO2. The van der Waals surface area contributed by atoms with Crippen molar-refractivity contribution in [2.24, 2.45) is 5.92 Å². The van der Waals surface area contributed by atoms with Crippen LogP contribution in [0.5, 0.6) is 0 Å². The van der Waals surface area contributed by atoms with E-state index in [1.54, 1.807) is 0 Å². The molecule has 0 aliphatic heterocycles. The zero-order valence-corrected chi connectivity index (χ0v) is 13.3. The molecule has 1 aliphatic rings. The van der Waals surface area contributed by atoms with Gasteiger partial charge in [-0.15, -0.1) is 0 Å². The van der Waals surface area contributed by atoms with Gasteiger partial charge in [0.2, 0.25) is 5.91 Å². The summed E-state index contributed by atoms with van der Waals surface area (Å²) in [6.45, 7) is 6.39. The average molecular weight is 289 g/mol. The Hall–Kier alpha value is -1.35. The van der Waals surface area contributed by atoms with Gasteiger partial charge < -0.3 is 10.4 Å². The molecule has 0 spiro atoms. The molecule has 1 aromatic rings. The number of hydrogen-bond donors (Lipinski definition) is 2. The van der Waals surface area contributed by atoms with Crippen molar-refractivity contribution >= 4 is 5.91 Å².